The standard InChI is InChI=1S/C17H20ClN3O2/c18-14-6-4-13(5-7-14)17(22)12-21-11-15(19-20-21)8-9-16-3-1-2-10-23-16/h4-7,11,16H,1-3,8-10,12H2. The van der Waals surface area contributed by atoms with Gasteiger partial charge in [0, 0.05) is 23.4 Å². The molecule has 1 atom stereocenters. The molecule has 6 heteroatoms. The molecule has 1 unspecified atom stereocenters. The van der Waals surface area contributed by atoms with Crippen molar-refractivity contribution in [3.63, 3.8) is 0 Å². The molecule has 0 amide bonds. The maximum Gasteiger partial charge on any atom is 0.184 e. The van der Waals surface area contributed by atoms with Crippen molar-refractivity contribution in [2.45, 2.75) is 44.8 Å². The van der Waals surface area contributed by atoms with Crippen molar-refractivity contribution in [3.05, 3.63) is 46.7 Å². The normalized spacial score (nSPS) is 18.0. The molecular formula is C17H20ClN3O2. The van der Waals surface area contributed by atoms with Crippen molar-refractivity contribution in [2.24, 2.45) is 0 Å². The van der Waals surface area contributed by atoms with Crippen LogP contribution in [0.4, 0.5) is 0 Å². The minimum absolute atomic E-state index is 0.00581. The van der Waals surface area contributed by atoms with E-state index in [0.717, 1.165) is 31.6 Å². The predicted molar refractivity (Wildman–Crippen MR) is 87.7 cm³/mol. The van der Waals surface area contributed by atoms with Gasteiger partial charge in [0.15, 0.2) is 5.78 Å². The van der Waals surface area contributed by atoms with E-state index < -0.39 is 0 Å². The number of ether oxygens (including phenoxy) is 1. The molecule has 5 nitrogen and oxygen atoms in total. The van der Waals surface area contributed by atoms with E-state index >= 15 is 0 Å². The van der Waals surface area contributed by atoms with E-state index in [1.807, 2.05) is 6.20 Å². The zero-order chi connectivity index (χ0) is 16.1. The average molecular weight is 334 g/mol. The van der Waals surface area contributed by atoms with Crippen LogP contribution in [-0.2, 0) is 17.7 Å². The van der Waals surface area contributed by atoms with Crippen LogP contribution in [0.2, 0.25) is 5.02 Å². The first-order chi connectivity index (χ1) is 11.2. The van der Waals surface area contributed by atoms with Crippen molar-refractivity contribution < 1.29 is 9.53 Å². The Labute approximate surface area is 140 Å². The van der Waals surface area contributed by atoms with Crippen LogP contribution in [0, 0.1) is 0 Å². The van der Waals surface area contributed by atoms with E-state index in [9.17, 15) is 4.79 Å². The van der Waals surface area contributed by atoms with E-state index in [0.29, 0.717) is 16.7 Å². The summed E-state index contributed by atoms with van der Waals surface area (Å²) in [6, 6.07) is 6.88. The van der Waals surface area contributed by atoms with Gasteiger partial charge in [0.2, 0.25) is 0 Å². The first kappa shape index (κ1) is 16.1. The molecule has 1 aliphatic heterocycles. The third kappa shape index (κ3) is 4.62. The molecule has 0 bridgehead atoms. The minimum Gasteiger partial charge on any atom is -0.378 e. The molecule has 1 fully saturated rings. The Morgan fingerprint density at radius 3 is 2.87 bits per heavy atom. The van der Waals surface area contributed by atoms with E-state index in [4.69, 9.17) is 16.3 Å². The Bertz CT molecular complexity index is 648. The monoisotopic (exact) mass is 333 g/mol. The van der Waals surface area contributed by atoms with Crippen molar-refractivity contribution in [3.8, 4) is 0 Å². The summed E-state index contributed by atoms with van der Waals surface area (Å²) in [7, 11) is 0. The second-order valence-corrected chi connectivity index (χ2v) is 6.30. The summed E-state index contributed by atoms with van der Waals surface area (Å²) in [4.78, 5) is 12.2. The second kappa shape index (κ2) is 7.70. The first-order valence-corrected chi connectivity index (χ1v) is 8.38. The zero-order valence-corrected chi connectivity index (χ0v) is 13.7. The van der Waals surface area contributed by atoms with Gasteiger partial charge < -0.3 is 4.74 Å². The third-order valence-corrected chi connectivity index (χ3v) is 4.31. The first-order valence-electron chi connectivity index (χ1n) is 8.00. The number of nitrogens with zero attached hydrogens (tertiary/aromatic N) is 3. The van der Waals surface area contributed by atoms with Gasteiger partial charge in [-0.15, -0.1) is 5.10 Å². The van der Waals surface area contributed by atoms with Gasteiger partial charge in [0.25, 0.3) is 0 Å². The molecule has 3 rings (SSSR count). The summed E-state index contributed by atoms with van der Waals surface area (Å²) in [5.41, 5.74) is 1.53. The van der Waals surface area contributed by atoms with Crippen LogP contribution in [0.1, 0.15) is 41.7 Å². The lowest BCUT2D eigenvalue weighted by Gasteiger charge is -2.21. The highest BCUT2D eigenvalue weighted by atomic mass is 35.5. The van der Waals surface area contributed by atoms with Crippen LogP contribution in [0.3, 0.4) is 0 Å². The molecule has 0 aliphatic carbocycles. The van der Waals surface area contributed by atoms with Crippen LogP contribution in [0.15, 0.2) is 30.5 Å². The lowest BCUT2D eigenvalue weighted by molar-refractivity contribution is 0.0113. The zero-order valence-electron chi connectivity index (χ0n) is 12.9. The number of hydrogen-bond acceptors (Lipinski definition) is 4. The number of rotatable bonds is 6. The van der Waals surface area contributed by atoms with Crippen LogP contribution < -0.4 is 0 Å². The van der Waals surface area contributed by atoms with Crippen molar-refractivity contribution >= 4 is 17.4 Å². The number of halogens is 1. The van der Waals surface area contributed by atoms with Gasteiger partial charge in [0.05, 0.1) is 11.8 Å². The predicted octanol–water partition coefficient (Wildman–Crippen LogP) is 3.32. The van der Waals surface area contributed by atoms with E-state index in [-0.39, 0.29) is 12.3 Å². The number of ketones is 1. The molecule has 0 saturated carbocycles. The molecule has 23 heavy (non-hydrogen) atoms. The molecule has 0 radical (unpaired) electrons. The molecule has 122 valence electrons. The molecule has 1 saturated heterocycles. The summed E-state index contributed by atoms with van der Waals surface area (Å²) in [6.07, 6.45) is 7.51. The van der Waals surface area contributed by atoms with Gasteiger partial charge in [-0.1, -0.05) is 16.8 Å². The molecule has 0 spiro atoms. The highest BCUT2D eigenvalue weighted by molar-refractivity contribution is 6.30. The number of carbonyl (C=O) groups is 1. The number of benzene rings is 1. The molecule has 1 aromatic carbocycles. The Balaban J connectivity index is 1.52. The maximum absolute atomic E-state index is 12.2. The lowest BCUT2D eigenvalue weighted by atomic mass is 10.0. The van der Waals surface area contributed by atoms with Gasteiger partial charge in [-0.3, -0.25) is 4.79 Å². The molecule has 1 aromatic heterocycles. The van der Waals surface area contributed by atoms with Crippen LogP contribution in [0.5, 0.6) is 0 Å². The van der Waals surface area contributed by atoms with E-state index in [1.54, 1.807) is 28.9 Å². The SMILES string of the molecule is O=C(Cn1cc(CCC2CCCCO2)nn1)c1ccc(Cl)cc1. The smallest absolute Gasteiger partial charge is 0.184 e. The van der Waals surface area contributed by atoms with Gasteiger partial charge in [-0.2, -0.15) is 0 Å². The summed E-state index contributed by atoms with van der Waals surface area (Å²) >= 11 is 5.83. The van der Waals surface area contributed by atoms with Crippen molar-refractivity contribution in [1.82, 2.24) is 15.0 Å². The Kier molecular flexibility index (Phi) is 5.41. The quantitative estimate of drug-likeness (QED) is 0.761. The van der Waals surface area contributed by atoms with Crippen LogP contribution >= 0.6 is 11.6 Å². The van der Waals surface area contributed by atoms with Gasteiger partial charge in [-0.25, -0.2) is 4.68 Å². The van der Waals surface area contributed by atoms with Gasteiger partial charge in [-0.05, 0) is 56.4 Å². The number of Topliss-reactive ketones (excluding diaryl/α,β-unsaturated/α-hetero) is 1. The van der Waals surface area contributed by atoms with Crippen LogP contribution in [0.25, 0.3) is 0 Å². The second-order valence-electron chi connectivity index (χ2n) is 5.86. The Morgan fingerprint density at radius 2 is 2.13 bits per heavy atom. The molecule has 1 aliphatic rings. The lowest BCUT2D eigenvalue weighted by Crippen LogP contribution is -2.19. The van der Waals surface area contributed by atoms with E-state index in [2.05, 4.69) is 10.3 Å². The fourth-order valence-corrected chi connectivity index (χ4v) is 2.87. The number of aryl methyl sites for hydroxylation is 1. The number of hydrogen-bond donors (Lipinski definition) is 0. The van der Waals surface area contributed by atoms with Crippen LogP contribution in [-0.4, -0.2) is 33.5 Å². The summed E-state index contributed by atoms with van der Waals surface area (Å²) in [5.74, 6) is -0.00581. The van der Waals surface area contributed by atoms with Gasteiger partial charge >= 0.3 is 0 Å². The Morgan fingerprint density at radius 1 is 1.30 bits per heavy atom. The van der Waals surface area contributed by atoms with Crippen molar-refractivity contribution in [1.29, 1.82) is 0 Å². The Hall–Kier alpha value is -1.72. The largest absolute Gasteiger partial charge is 0.378 e. The molecule has 0 N–H and O–H groups in total. The average Bonchev–Trinajstić information content (AvgIpc) is 3.02. The summed E-state index contributed by atoms with van der Waals surface area (Å²) in [6.45, 7) is 1.06. The third-order valence-electron chi connectivity index (χ3n) is 4.05. The number of aromatic nitrogens is 3. The highest BCUT2D eigenvalue weighted by Crippen LogP contribution is 2.17. The van der Waals surface area contributed by atoms with E-state index in [1.165, 1.54) is 12.8 Å². The summed E-state index contributed by atoms with van der Waals surface area (Å²) < 4.78 is 7.31. The minimum atomic E-state index is -0.00581. The molecular weight excluding hydrogens is 314 g/mol. The fraction of sp³-hybridized carbons (Fsp3) is 0.471. The van der Waals surface area contributed by atoms with Crippen molar-refractivity contribution in [2.75, 3.05) is 6.61 Å². The molecule has 2 aromatic rings. The maximum atomic E-state index is 12.2. The summed E-state index contributed by atoms with van der Waals surface area (Å²) in [5, 5.41) is 8.81. The molecule has 2 heterocycles. The topological polar surface area (TPSA) is 57.0 Å². The fourth-order valence-electron chi connectivity index (χ4n) is 2.75. The highest BCUT2D eigenvalue weighted by Gasteiger charge is 2.15. The van der Waals surface area contributed by atoms with Gasteiger partial charge in [0.1, 0.15) is 6.54 Å². The number of carbonyl (C=O) groups excluding carboxylic acids is 1.